The molecule has 0 heterocycles. The van der Waals surface area contributed by atoms with Crippen LogP contribution in [0.3, 0.4) is 0 Å². The number of rotatable bonds is 3. The van der Waals surface area contributed by atoms with Crippen molar-refractivity contribution in [3.05, 3.63) is 0 Å². The SMILES string of the molecule is CCOC(=O)NC(=O)NC(=O)OCC.O=S(=O)(O)CF. The van der Waals surface area contributed by atoms with Gasteiger partial charge in [0.25, 0.3) is 10.1 Å². The highest BCUT2D eigenvalue weighted by atomic mass is 32.2. The lowest BCUT2D eigenvalue weighted by Gasteiger charge is -2.04. The lowest BCUT2D eigenvalue weighted by molar-refractivity contribution is 0.146. The normalized spacial score (nSPS) is 9.60. The summed E-state index contributed by atoms with van der Waals surface area (Å²) in [6, 6.07) is -2.69. The first kappa shape index (κ1) is 20.4. The van der Waals surface area contributed by atoms with Crippen LogP contribution in [0.15, 0.2) is 0 Å². The lowest BCUT2D eigenvalue weighted by Crippen LogP contribution is -2.42. The van der Waals surface area contributed by atoms with Gasteiger partial charge in [0.05, 0.1) is 13.2 Å². The second-order valence-corrected chi connectivity index (χ2v) is 4.09. The van der Waals surface area contributed by atoms with Crippen LogP contribution in [0.5, 0.6) is 0 Å². The van der Waals surface area contributed by atoms with E-state index in [-0.39, 0.29) is 13.2 Å². The molecule has 0 saturated heterocycles. The molecule has 0 aliphatic rings. The number of alkyl halides is 1. The standard InChI is InChI=1S/C7H12N2O5.CH3FO3S/c1-3-13-6(11)8-5(10)9-7(12)14-4-2;2-1-6(3,4)5/h3-4H2,1-2H3,(H2,8,9,10,11,12);1H2,(H,3,4,5). The van der Waals surface area contributed by atoms with Crippen molar-refractivity contribution in [1.82, 2.24) is 10.6 Å². The van der Waals surface area contributed by atoms with Crippen LogP contribution in [0.25, 0.3) is 0 Å². The van der Waals surface area contributed by atoms with Crippen LogP contribution in [0.2, 0.25) is 0 Å². The Morgan fingerprint density at radius 3 is 1.55 bits per heavy atom. The molecule has 3 N–H and O–H groups in total. The molecular weight excluding hydrogens is 303 g/mol. The fraction of sp³-hybridized carbons (Fsp3) is 0.625. The number of urea groups is 1. The summed E-state index contributed by atoms with van der Waals surface area (Å²) in [4.78, 5) is 32.1. The third-order valence-electron chi connectivity index (χ3n) is 1.12. The maximum atomic E-state index is 10.8. The van der Waals surface area contributed by atoms with Crippen LogP contribution in [0.1, 0.15) is 13.8 Å². The Hall–Kier alpha value is -1.95. The zero-order valence-electron chi connectivity index (χ0n) is 10.7. The molecule has 0 bridgehead atoms. The summed E-state index contributed by atoms with van der Waals surface area (Å²) in [5.74, 6) is 0. The Balaban J connectivity index is 0. The van der Waals surface area contributed by atoms with E-state index in [1.807, 2.05) is 0 Å². The highest BCUT2D eigenvalue weighted by Gasteiger charge is 2.11. The maximum absolute atomic E-state index is 10.8. The Labute approximate surface area is 114 Å². The number of nitrogens with one attached hydrogen (secondary N) is 2. The summed E-state index contributed by atoms with van der Waals surface area (Å²) in [5, 5.41) is 3.52. The molecule has 0 aromatic heterocycles. The molecule has 0 radical (unpaired) electrons. The molecule has 4 amide bonds. The van der Waals surface area contributed by atoms with Crippen LogP contribution in [-0.4, -0.2) is 50.4 Å². The van der Waals surface area contributed by atoms with E-state index in [1.165, 1.54) is 0 Å². The summed E-state index contributed by atoms with van der Waals surface area (Å²) in [5.41, 5.74) is 0. The molecule has 0 spiro atoms. The average Bonchev–Trinajstić information content (AvgIpc) is 2.28. The summed E-state index contributed by atoms with van der Waals surface area (Å²) in [7, 11) is -4.33. The second kappa shape index (κ2) is 10.9. The molecule has 0 atom stereocenters. The number of ether oxygens (including phenoxy) is 2. The van der Waals surface area contributed by atoms with E-state index in [4.69, 9.17) is 4.55 Å². The van der Waals surface area contributed by atoms with Crippen molar-refractivity contribution in [2.24, 2.45) is 0 Å². The predicted octanol–water partition coefficient (Wildman–Crippen LogP) is 0.400. The minimum absolute atomic E-state index is 0.137. The van der Waals surface area contributed by atoms with Gasteiger partial charge in [0, 0.05) is 0 Å². The van der Waals surface area contributed by atoms with Crippen LogP contribution in [-0.2, 0) is 19.6 Å². The van der Waals surface area contributed by atoms with E-state index in [1.54, 1.807) is 24.5 Å². The molecule has 10 nitrogen and oxygen atoms in total. The Morgan fingerprint density at radius 2 is 1.35 bits per heavy atom. The molecule has 0 rings (SSSR count). The van der Waals surface area contributed by atoms with Crippen molar-refractivity contribution in [3.8, 4) is 0 Å². The van der Waals surface area contributed by atoms with Crippen molar-refractivity contribution in [2.45, 2.75) is 13.8 Å². The van der Waals surface area contributed by atoms with Crippen LogP contribution in [0, 0.1) is 0 Å². The van der Waals surface area contributed by atoms with Crippen LogP contribution in [0.4, 0.5) is 18.8 Å². The molecule has 118 valence electrons. The van der Waals surface area contributed by atoms with E-state index in [2.05, 4.69) is 9.47 Å². The van der Waals surface area contributed by atoms with Gasteiger partial charge in [-0.25, -0.2) is 29.4 Å². The molecule has 0 aromatic carbocycles. The van der Waals surface area contributed by atoms with E-state index >= 15 is 0 Å². The van der Waals surface area contributed by atoms with Crippen molar-refractivity contribution in [2.75, 3.05) is 19.2 Å². The van der Waals surface area contributed by atoms with Gasteiger partial charge in [-0.05, 0) is 13.8 Å². The first-order valence-corrected chi connectivity index (χ1v) is 6.69. The molecule has 0 fully saturated rings. The van der Waals surface area contributed by atoms with Gasteiger partial charge in [-0.3, -0.25) is 4.55 Å². The maximum Gasteiger partial charge on any atom is 0.415 e. The van der Waals surface area contributed by atoms with Gasteiger partial charge in [-0.1, -0.05) is 0 Å². The van der Waals surface area contributed by atoms with Crippen molar-refractivity contribution < 1.29 is 41.2 Å². The Morgan fingerprint density at radius 1 is 1.05 bits per heavy atom. The minimum atomic E-state index is -4.33. The lowest BCUT2D eigenvalue weighted by atomic mass is 10.8. The Bertz CT molecular complexity index is 402. The van der Waals surface area contributed by atoms with E-state index in [0.717, 1.165) is 0 Å². The number of carbonyl (C=O) groups excluding carboxylic acids is 3. The number of alkyl carbamates (subject to hydrolysis) is 2. The summed E-state index contributed by atoms with van der Waals surface area (Å²) in [6.07, 6.45) is -1.84. The second-order valence-electron chi connectivity index (χ2n) is 2.71. The summed E-state index contributed by atoms with van der Waals surface area (Å²) >= 11 is 0. The van der Waals surface area contributed by atoms with Crippen molar-refractivity contribution in [1.29, 1.82) is 0 Å². The first-order valence-electron chi connectivity index (χ1n) is 5.08. The van der Waals surface area contributed by atoms with Crippen LogP contribution >= 0.6 is 0 Å². The van der Waals surface area contributed by atoms with Crippen molar-refractivity contribution in [3.63, 3.8) is 0 Å². The molecule has 0 saturated carbocycles. The molecule has 0 aliphatic heterocycles. The zero-order valence-corrected chi connectivity index (χ0v) is 11.5. The van der Waals surface area contributed by atoms with E-state index in [0.29, 0.717) is 0 Å². The largest absolute Gasteiger partial charge is 0.450 e. The molecule has 20 heavy (non-hydrogen) atoms. The molecular formula is C8H15FN2O8S. The van der Waals surface area contributed by atoms with Gasteiger partial charge in [-0.2, -0.15) is 8.42 Å². The summed E-state index contributed by atoms with van der Waals surface area (Å²) in [6.45, 7) is 3.45. The number of amides is 4. The quantitative estimate of drug-likeness (QED) is 0.633. The van der Waals surface area contributed by atoms with Gasteiger partial charge in [0.15, 0.2) is 0 Å². The van der Waals surface area contributed by atoms with Gasteiger partial charge >= 0.3 is 18.2 Å². The number of carbonyl (C=O) groups is 3. The van der Waals surface area contributed by atoms with Gasteiger partial charge < -0.3 is 9.47 Å². The molecule has 0 aliphatic carbocycles. The number of hydrogen-bond donors (Lipinski definition) is 3. The number of imide groups is 2. The minimum Gasteiger partial charge on any atom is -0.450 e. The van der Waals surface area contributed by atoms with Gasteiger partial charge in [0.2, 0.25) is 6.01 Å². The van der Waals surface area contributed by atoms with E-state index < -0.39 is 34.3 Å². The first-order chi connectivity index (χ1) is 9.16. The highest BCUT2D eigenvalue weighted by Crippen LogP contribution is 1.79. The third-order valence-corrected chi connectivity index (χ3v) is 1.40. The number of halogens is 1. The topological polar surface area (TPSA) is 148 Å². The summed E-state index contributed by atoms with van der Waals surface area (Å²) < 4.78 is 45.2. The van der Waals surface area contributed by atoms with Gasteiger partial charge in [-0.15, -0.1) is 0 Å². The molecule has 12 heteroatoms. The van der Waals surface area contributed by atoms with E-state index in [9.17, 15) is 27.2 Å². The highest BCUT2D eigenvalue weighted by molar-refractivity contribution is 7.85. The third kappa shape index (κ3) is 16.1. The Kier molecular flexibility index (Phi) is 11.1. The average molecular weight is 318 g/mol. The number of hydrogen-bond acceptors (Lipinski definition) is 7. The predicted molar refractivity (Wildman–Crippen MR) is 63.2 cm³/mol. The van der Waals surface area contributed by atoms with Crippen LogP contribution < -0.4 is 10.6 Å². The monoisotopic (exact) mass is 318 g/mol. The fourth-order valence-corrected chi connectivity index (χ4v) is 0.551. The molecule has 0 unspecified atom stereocenters. The van der Waals surface area contributed by atoms with Crippen molar-refractivity contribution >= 4 is 28.3 Å². The smallest absolute Gasteiger partial charge is 0.415 e. The van der Waals surface area contributed by atoms with Gasteiger partial charge in [0.1, 0.15) is 0 Å². The zero-order chi connectivity index (χ0) is 16.2. The fourth-order valence-electron chi connectivity index (χ4n) is 0.551. The molecule has 0 aromatic rings.